The fourth-order valence-electron chi connectivity index (χ4n) is 3.74. The van der Waals surface area contributed by atoms with Gasteiger partial charge in [0.05, 0.1) is 20.8 Å². The number of ether oxygens (including phenoxy) is 5. The molecule has 0 N–H and O–H groups in total. The molecule has 192 valence electrons. The van der Waals surface area contributed by atoms with Gasteiger partial charge < -0.3 is 23.7 Å². The first kappa shape index (κ1) is 27.6. The van der Waals surface area contributed by atoms with Crippen LogP contribution in [0, 0.1) is 0 Å². The fourth-order valence-corrected chi connectivity index (χ4v) is 4.73. The van der Waals surface area contributed by atoms with Gasteiger partial charge in [-0.05, 0) is 66.3 Å². The number of benzene rings is 3. The van der Waals surface area contributed by atoms with Gasteiger partial charge in [0.25, 0.3) is 0 Å². The van der Waals surface area contributed by atoms with Crippen LogP contribution in [0.15, 0.2) is 71.6 Å². The predicted octanol–water partition coefficient (Wildman–Crippen LogP) is 6.30. The van der Waals surface area contributed by atoms with E-state index in [1.54, 1.807) is 26.0 Å². The van der Waals surface area contributed by atoms with E-state index in [1.807, 2.05) is 54.6 Å². The van der Waals surface area contributed by atoms with Gasteiger partial charge in [0.2, 0.25) is 0 Å². The van der Waals surface area contributed by atoms with Crippen LogP contribution in [0.1, 0.15) is 39.9 Å². The average Bonchev–Trinajstić information content (AvgIpc) is 2.93. The van der Waals surface area contributed by atoms with Crippen LogP contribution in [-0.4, -0.2) is 40.7 Å². The summed E-state index contributed by atoms with van der Waals surface area (Å²) in [6, 6.07) is 21.9. The van der Waals surface area contributed by atoms with Crippen molar-refractivity contribution in [2.24, 2.45) is 0 Å². The molecule has 0 amide bonds. The zero-order valence-corrected chi connectivity index (χ0v) is 22.0. The molecule has 0 saturated heterocycles. The second kappa shape index (κ2) is 15.2. The van der Waals surface area contributed by atoms with Gasteiger partial charge in [-0.3, -0.25) is 0 Å². The normalized spacial score (nSPS) is 10.8. The number of unbranched alkanes of at least 4 members (excludes halogenated alkanes) is 1. The van der Waals surface area contributed by atoms with Crippen LogP contribution in [-0.2, 0) is 33.0 Å². The smallest absolute Gasteiger partial charge is 0.341 e. The molecule has 7 heteroatoms. The minimum absolute atomic E-state index is 0.0557. The van der Waals surface area contributed by atoms with E-state index in [2.05, 4.69) is 12.1 Å². The van der Waals surface area contributed by atoms with Crippen molar-refractivity contribution in [3.8, 4) is 11.5 Å². The first-order valence-corrected chi connectivity index (χ1v) is 12.9. The molecule has 0 fully saturated rings. The molecular formula is C29H34O6S. The lowest BCUT2D eigenvalue weighted by atomic mass is 9.97. The molecule has 0 heterocycles. The zero-order chi connectivity index (χ0) is 25.6. The van der Waals surface area contributed by atoms with E-state index in [1.165, 1.54) is 7.11 Å². The highest BCUT2D eigenvalue weighted by Gasteiger charge is 2.22. The van der Waals surface area contributed by atoms with Gasteiger partial charge in [0, 0.05) is 24.4 Å². The third kappa shape index (κ3) is 8.29. The van der Waals surface area contributed by atoms with Crippen molar-refractivity contribution in [1.29, 1.82) is 0 Å². The first-order chi connectivity index (χ1) is 17.7. The summed E-state index contributed by atoms with van der Waals surface area (Å²) >= 11 is 1.68. The molecule has 0 unspecified atom stereocenters. The molecule has 0 aliphatic heterocycles. The van der Waals surface area contributed by atoms with Crippen LogP contribution in [0.5, 0.6) is 11.5 Å². The SMILES string of the molecule is COCOc1ccc(CCCCOCc2ccc(OC)cc2)c(CSc2ccccc2)c1C(=O)OC. The lowest BCUT2D eigenvalue weighted by Crippen LogP contribution is -2.12. The molecule has 0 atom stereocenters. The highest BCUT2D eigenvalue weighted by molar-refractivity contribution is 7.98. The van der Waals surface area contributed by atoms with Crippen LogP contribution >= 0.6 is 11.8 Å². The van der Waals surface area contributed by atoms with Gasteiger partial charge in [0.15, 0.2) is 6.79 Å². The summed E-state index contributed by atoms with van der Waals surface area (Å²) in [5.41, 5.74) is 3.62. The molecule has 6 nitrogen and oxygen atoms in total. The lowest BCUT2D eigenvalue weighted by Gasteiger charge is -2.18. The van der Waals surface area contributed by atoms with Gasteiger partial charge in [-0.25, -0.2) is 4.79 Å². The van der Waals surface area contributed by atoms with E-state index in [4.69, 9.17) is 23.7 Å². The number of thioether (sulfide) groups is 1. The van der Waals surface area contributed by atoms with E-state index in [9.17, 15) is 4.79 Å². The minimum Gasteiger partial charge on any atom is -0.497 e. The van der Waals surface area contributed by atoms with Crippen molar-refractivity contribution < 1.29 is 28.5 Å². The summed E-state index contributed by atoms with van der Waals surface area (Å²) in [6.45, 7) is 1.29. The average molecular weight is 511 g/mol. The maximum atomic E-state index is 12.8. The summed E-state index contributed by atoms with van der Waals surface area (Å²) < 4.78 is 26.9. The molecule has 0 aliphatic rings. The number of methoxy groups -OCH3 is 3. The third-order valence-corrected chi connectivity index (χ3v) is 6.67. The molecule has 0 bridgehead atoms. The monoisotopic (exact) mass is 510 g/mol. The number of aryl methyl sites for hydroxylation is 1. The number of esters is 1. The second-order valence-electron chi connectivity index (χ2n) is 8.08. The van der Waals surface area contributed by atoms with E-state index >= 15 is 0 Å². The highest BCUT2D eigenvalue weighted by Crippen LogP contribution is 2.33. The Morgan fingerprint density at radius 1 is 0.889 bits per heavy atom. The maximum absolute atomic E-state index is 12.8. The Morgan fingerprint density at radius 2 is 1.67 bits per heavy atom. The van der Waals surface area contributed by atoms with Crippen molar-refractivity contribution in [2.75, 3.05) is 34.7 Å². The van der Waals surface area contributed by atoms with Gasteiger partial charge in [0.1, 0.15) is 17.1 Å². The predicted molar refractivity (Wildman–Crippen MR) is 142 cm³/mol. The molecular weight excluding hydrogens is 476 g/mol. The zero-order valence-electron chi connectivity index (χ0n) is 21.2. The molecule has 0 saturated carbocycles. The Balaban J connectivity index is 1.65. The molecule has 0 spiro atoms. The summed E-state index contributed by atoms with van der Waals surface area (Å²) in [4.78, 5) is 13.9. The largest absolute Gasteiger partial charge is 0.497 e. The summed E-state index contributed by atoms with van der Waals surface area (Å²) in [6.07, 6.45) is 2.67. The van der Waals surface area contributed by atoms with E-state index in [0.717, 1.165) is 46.6 Å². The molecule has 3 aromatic carbocycles. The van der Waals surface area contributed by atoms with Crippen molar-refractivity contribution in [2.45, 2.75) is 36.5 Å². The quantitative estimate of drug-likeness (QED) is 0.103. The Bertz CT molecular complexity index is 1070. The van der Waals surface area contributed by atoms with E-state index < -0.39 is 5.97 Å². The first-order valence-electron chi connectivity index (χ1n) is 11.9. The van der Waals surface area contributed by atoms with Crippen LogP contribution in [0.2, 0.25) is 0 Å². The van der Waals surface area contributed by atoms with Crippen molar-refractivity contribution in [3.05, 3.63) is 89.0 Å². The molecule has 3 rings (SSSR count). The Morgan fingerprint density at radius 3 is 2.36 bits per heavy atom. The topological polar surface area (TPSA) is 63.2 Å². The molecule has 0 aromatic heterocycles. The van der Waals surface area contributed by atoms with Gasteiger partial charge in [-0.15, -0.1) is 11.8 Å². The van der Waals surface area contributed by atoms with Crippen LogP contribution < -0.4 is 9.47 Å². The number of hydrogen-bond acceptors (Lipinski definition) is 7. The lowest BCUT2D eigenvalue weighted by molar-refractivity contribution is 0.0464. The fraction of sp³-hybridized carbons (Fsp3) is 0.345. The molecule has 0 radical (unpaired) electrons. The highest BCUT2D eigenvalue weighted by atomic mass is 32.2. The van der Waals surface area contributed by atoms with Crippen LogP contribution in [0.3, 0.4) is 0 Å². The second-order valence-corrected chi connectivity index (χ2v) is 9.13. The van der Waals surface area contributed by atoms with E-state index in [0.29, 0.717) is 30.3 Å². The molecule has 36 heavy (non-hydrogen) atoms. The van der Waals surface area contributed by atoms with Gasteiger partial charge in [-0.1, -0.05) is 36.4 Å². The number of carbonyl (C=O) groups is 1. The maximum Gasteiger partial charge on any atom is 0.341 e. The summed E-state index contributed by atoms with van der Waals surface area (Å²) in [5, 5.41) is 0. The Labute approximate surface area is 217 Å². The van der Waals surface area contributed by atoms with Crippen LogP contribution in [0.4, 0.5) is 0 Å². The Kier molecular flexibility index (Phi) is 11.6. The number of hydrogen-bond donors (Lipinski definition) is 0. The standard InChI is InChI=1S/C29H34O6S/c1-31-21-35-27-17-14-23(9-7-8-18-34-19-22-12-15-24(32-2)16-13-22)26(28(27)29(30)33-3)20-36-25-10-5-4-6-11-25/h4-6,10-17H,7-9,18-21H2,1-3H3. The summed E-state index contributed by atoms with van der Waals surface area (Å²) in [5.74, 6) is 1.53. The van der Waals surface area contributed by atoms with Crippen LogP contribution in [0.25, 0.3) is 0 Å². The van der Waals surface area contributed by atoms with E-state index in [-0.39, 0.29) is 6.79 Å². The molecule has 0 aliphatic carbocycles. The van der Waals surface area contributed by atoms with Crippen molar-refractivity contribution in [1.82, 2.24) is 0 Å². The molecule has 3 aromatic rings. The number of rotatable bonds is 15. The van der Waals surface area contributed by atoms with Gasteiger partial charge >= 0.3 is 5.97 Å². The third-order valence-electron chi connectivity index (χ3n) is 5.63. The minimum atomic E-state index is -0.408. The summed E-state index contributed by atoms with van der Waals surface area (Å²) in [7, 11) is 4.60. The van der Waals surface area contributed by atoms with Gasteiger partial charge in [-0.2, -0.15) is 0 Å². The Hall–Kier alpha value is -3.00. The number of carbonyl (C=O) groups excluding carboxylic acids is 1. The van der Waals surface area contributed by atoms with Crippen molar-refractivity contribution >= 4 is 17.7 Å². The van der Waals surface area contributed by atoms with Crippen molar-refractivity contribution in [3.63, 3.8) is 0 Å².